The second-order valence-corrected chi connectivity index (χ2v) is 12.2. The number of fused-ring (bicyclic) bond motifs is 2. The van der Waals surface area contributed by atoms with Gasteiger partial charge in [-0.1, -0.05) is 35.5 Å². The van der Waals surface area contributed by atoms with Crippen molar-refractivity contribution in [3.63, 3.8) is 0 Å². The lowest BCUT2D eigenvalue weighted by molar-refractivity contribution is -0.124. The van der Waals surface area contributed by atoms with E-state index in [1.165, 1.54) is 0 Å². The number of rotatable bonds is 2. The summed E-state index contributed by atoms with van der Waals surface area (Å²) < 4.78 is 11.0. The monoisotopic (exact) mass is 594 g/mol. The molecule has 3 aliphatic rings. The van der Waals surface area contributed by atoms with Gasteiger partial charge in [-0.15, -0.1) is 0 Å². The molecule has 0 bridgehead atoms. The van der Waals surface area contributed by atoms with E-state index in [-0.39, 0.29) is 67.4 Å². The Morgan fingerprint density at radius 2 is 1.81 bits per heavy atom. The quantitative estimate of drug-likeness (QED) is 0.481. The summed E-state index contributed by atoms with van der Waals surface area (Å²) in [4.78, 5) is 56.7. The van der Waals surface area contributed by atoms with Crippen molar-refractivity contribution >= 4 is 23.8 Å². The van der Waals surface area contributed by atoms with E-state index in [9.17, 15) is 19.2 Å². The summed E-state index contributed by atoms with van der Waals surface area (Å²) in [7, 11) is 2.02. The summed E-state index contributed by atoms with van der Waals surface area (Å²) >= 11 is 0. The molecule has 0 unspecified atom stereocenters. The topological polar surface area (TPSA) is 146 Å². The number of hydrogen-bond acceptors (Lipinski definition) is 8. The molecule has 12 heteroatoms. The Hall–Kier alpha value is -3.93. The molecule has 2 fully saturated rings. The van der Waals surface area contributed by atoms with E-state index in [2.05, 4.69) is 26.0 Å². The van der Waals surface area contributed by atoms with Crippen molar-refractivity contribution in [3.8, 4) is 0 Å². The van der Waals surface area contributed by atoms with E-state index in [1.807, 2.05) is 37.4 Å². The van der Waals surface area contributed by atoms with Gasteiger partial charge < -0.3 is 35.0 Å². The average Bonchev–Trinajstić information content (AvgIpc) is 3.37. The van der Waals surface area contributed by atoms with Gasteiger partial charge in [0.15, 0.2) is 5.76 Å². The fourth-order valence-corrected chi connectivity index (χ4v) is 6.43. The van der Waals surface area contributed by atoms with E-state index in [0.717, 1.165) is 18.7 Å². The third-order valence-corrected chi connectivity index (χ3v) is 9.07. The summed E-state index contributed by atoms with van der Waals surface area (Å²) in [5.74, 6) is -0.351. The molecule has 232 valence electrons. The minimum atomic E-state index is -0.707. The molecule has 0 aliphatic carbocycles. The number of hydrogen-bond donors (Lipinski definition) is 3. The van der Waals surface area contributed by atoms with Crippen molar-refractivity contribution < 1.29 is 28.4 Å². The van der Waals surface area contributed by atoms with Crippen molar-refractivity contribution in [2.45, 2.75) is 64.1 Å². The van der Waals surface area contributed by atoms with Crippen molar-refractivity contribution in [3.05, 3.63) is 52.9 Å². The summed E-state index contributed by atoms with van der Waals surface area (Å²) in [6, 6.07) is 9.54. The number of ether oxygens (including phenoxy) is 1. The molecule has 1 aromatic carbocycles. The molecule has 2 aromatic rings. The smallest absolute Gasteiger partial charge is 0.410 e. The van der Waals surface area contributed by atoms with Crippen LogP contribution in [0.4, 0.5) is 4.79 Å². The van der Waals surface area contributed by atoms with Crippen molar-refractivity contribution in [2.75, 3.05) is 39.8 Å². The standard InChI is InChI=1S/C31H42N6O6/c1-21-28-25(43-35-21)18-33-26(38)16-23-9-13-37(30(41)42-20-22-6-4-3-5-7-22)19-24(23)8-12-32-27(39)17-31(34-29(28)40)10-14-36(2)15-11-31/h3-7,23-24H,8-20H2,1-2H3,(H,32,39)(H,33,38)(H,34,40)/t23-,24-/m0/s1. The number of likely N-dealkylation sites (tertiary alicyclic amines) is 2. The summed E-state index contributed by atoms with van der Waals surface area (Å²) in [6.07, 6.45) is 2.55. The molecule has 43 heavy (non-hydrogen) atoms. The third-order valence-electron chi connectivity index (χ3n) is 9.07. The fourth-order valence-electron chi connectivity index (χ4n) is 6.43. The maximum atomic E-state index is 13.5. The molecule has 1 spiro atoms. The number of nitrogens with one attached hydrogen (secondary N) is 3. The van der Waals surface area contributed by atoms with Crippen molar-refractivity contribution in [1.29, 1.82) is 0 Å². The molecule has 4 amide bonds. The Labute approximate surface area is 251 Å². The highest BCUT2D eigenvalue weighted by Crippen LogP contribution is 2.31. The number of aromatic nitrogens is 1. The fraction of sp³-hybridized carbons (Fsp3) is 0.581. The van der Waals surface area contributed by atoms with Gasteiger partial charge in [0.25, 0.3) is 5.91 Å². The number of aryl methyl sites for hydroxylation is 1. The Balaban J connectivity index is 1.31. The molecule has 1 aromatic heterocycles. The van der Waals surface area contributed by atoms with Gasteiger partial charge in [-0.05, 0) is 57.1 Å². The lowest BCUT2D eigenvalue weighted by Crippen LogP contribution is -2.57. The highest BCUT2D eigenvalue weighted by molar-refractivity contribution is 5.97. The number of benzene rings is 1. The normalized spacial score (nSPS) is 23.9. The van der Waals surface area contributed by atoms with Crippen LogP contribution in [0.5, 0.6) is 0 Å². The van der Waals surface area contributed by atoms with Gasteiger partial charge in [-0.25, -0.2) is 4.79 Å². The van der Waals surface area contributed by atoms with E-state index >= 15 is 0 Å². The Bertz CT molecular complexity index is 1310. The Kier molecular flexibility index (Phi) is 9.64. The van der Waals surface area contributed by atoms with Crippen LogP contribution in [-0.2, 0) is 27.5 Å². The largest absolute Gasteiger partial charge is 0.445 e. The van der Waals surface area contributed by atoms with Crippen LogP contribution in [0.3, 0.4) is 0 Å². The maximum Gasteiger partial charge on any atom is 0.410 e. The van der Waals surface area contributed by atoms with E-state index in [1.54, 1.807) is 11.8 Å². The van der Waals surface area contributed by atoms with Crippen LogP contribution in [0.1, 0.15) is 65.9 Å². The molecule has 2 atom stereocenters. The van der Waals surface area contributed by atoms with Gasteiger partial charge >= 0.3 is 6.09 Å². The highest BCUT2D eigenvalue weighted by Gasteiger charge is 2.39. The first-order chi connectivity index (χ1) is 20.7. The van der Waals surface area contributed by atoms with E-state index < -0.39 is 5.54 Å². The van der Waals surface area contributed by atoms with Crippen molar-refractivity contribution in [2.24, 2.45) is 11.8 Å². The Morgan fingerprint density at radius 1 is 1.05 bits per heavy atom. The predicted molar refractivity (Wildman–Crippen MR) is 157 cm³/mol. The van der Waals surface area contributed by atoms with Gasteiger partial charge in [0.2, 0.25) is 11.8 Å². The van der Waals surface area contributed by atoms with Crippen LogP contribution in [0.15, 0.2) is 34.9 Å². The lowest BCUT2D eigenvalue weighted by atomic mass is 9.80. The molecule has 2 saturated heterocycles. The van der Waals surface area contributed by atoms with Gasteiger partial charge in [0.1, 0.15) is 12.2 Å². The Morgan fingerprint density at radius 3 is 2.58 bits per heavy atom. The zero-order chi connectivity index (χ0) is 30.4. The molecule has 12 nitrogen and oxygen atoms in total. The van der Waals surface area contributed by atoms with Gasteiger partial charge in [-0.2, -0.15) is 0 Å². The molecular weight excluding hydrogens is 552 g/mol. The van der Waals surface area contributed by atoms with E-state index in [4.69, 9.17) is 9.26 Å². The average molecular weight is 595 g/mol. The first-order valence-corrected chi connectivity index (χ1v) is 15.2. The van der Waals surface area contributed by atoms with Gasteiger partial charge in [0, 0.05) is 45.6 Å². The number of nitrogens with zero attached hydrogens (tertiary/aromatic N) is 3. The first kappa shape index (κ1) is 30.5. The summed E-state index contributed by atoms with van der Waals surface area (Å²) in [5.41, 5.74) is 0.938. The molecule has 0 radical (unpaired) electrons. The number of piperidine rings is 2. The molecule has 3 aliphatic heterocycles. The van der Waals surface area contributed by atoms with Crippen molar-refractivity contribution in [1.82, 2.24) is 30.9 Å². The lowest BCUT2D eigenvalue weighted by Gasteiger charge is -2.41. The van der Waals surface area contributed by atoms with Crippen LogP contribution in [-0.4, -0.2) is 84.1 Å². The minimum absolute atomic E-state index is 0.00272. The second-order valence-electron chi connectivity index (χ2n) is 12.2. The number of carbonyl (C=O) groups is 4. The molecule has 5 rings (SSSR count). The van der Waals surface area contributed by atoms with Crippen LogP contribution in [0.2, 0.25) is 0 Å². The van der Waals surface area contributed by atoms with Crippen LogP contribution < -0.4 is 16.0 Å². The van der Waals surface area contributed by atoms with Crippen LogP contribution >= 0.6 is 0 Å². The van der Waals surface area contributed by atoms with Crippen LogP contribution in [0, 0.1) is 18.8 Å². The van der Waals surface area contributed by atoms with Crippen LogP contribution in [0.25, 0.3) is 0 Å². The van der Waals surface area contributed by atoms with Gasteiger partial charge in [-0.3, -0.25) is 14.4 Å². The highest BCUT2D eigenvalue weighted by atomic mass is 16.6. The maximum absolute atomic E-state index is 13.5. The summed E-state index contributed by atoms with van der Waals surface area (Å²) in [6.45, 7) is 4.76. The number of carbonyl (C=O) groups excluding carboxylic acids is 4. The molecular formula is C31H42N6O6. The molecule has 3 N–H and O–H groups in total. The summed E-state index contributed by atoms with van der Waals surface area (Å²) in [5, 5.41) is 13.1. The zero-order valence-electron chi connectivity index (χ0n) is 25.0. The first-order valence-electron chi connectivity index (χ1n) is 15.2. The molecule has 0 saturated carbocycles. The zero-order valence-corrected chi connectivity index (χ0v) is 25.0. The van der Waals surface area contributed by atoms with Gasteiger partial charge in [0.05, 0.1) is 17.8 Å². The predicted octanol–water partition coefficient (Wildman–Crippen LogP) is 2.37. The third kappa shape index (κ3) is 7.73. The number of amides is 4. The second kappa shape index (κ2) is 13.6. The minimum Gasteiger partial charge on any atom is -0.445 e. The van der Waals surface area contributed by atoms with E-state index in [0.29, 0.717) is 56.6 Å². The SMILES string of the molecule is Cc1noc2c1C(=O)NC1(CCN(C)CC1)CC(=O)NCC[C@H]1CN(C(=O)OCc3ccccc3)CC[C@H]1CC(=O)NC2. The molecule has 4 heterocycles.